The number of nitrogens with one attached hydrogen (secondary N) is 2. The van der Waals surface area contributed by atoms with Crippen molar-refractivity contribution in [3.05, 3.63) is 54.1 Å². The van der Waals surface area contributed by atoms with Gasteiger partial charge in [-0.3, -0.25) is 0 Å². The second-order valence-corrected chi connectivity index (χ2v) is 10.2. The summed E-state index contributed by atoms with van der Waals surface area (Å²) < 4.78 is 11.7. The van der Waals surface area contributed by atoms with E-state index in [2.05, 4.69) is 20.1 Å². The zero-order valence-corrected chi connectivity index (χ0v) is 21.3. The minimum absolute atomic E-state index is 0.150. The largest absolute Gasteiger partial charge is 0.457 e. The molecule has 1 aromatic heterocycles. The number of aromatic amines is 1. The Balaban J connectivity index is 1.10. The van der Waals surface area contributed by atoms with Crippen LogP contribution >= 0.6 is 0 Å². The predicted octanol–water partition coefficient (Wildman–Crippen LogP) is 5.70. The summed E-state index contributed by atoms with van der Waals surface area (Å²) in [6, 6.07) is 15.7. The number of benzene rings is 2. The van der Waals surface area contributed by atoms with Crippen molar-refractivity contribution >= 4 is 17.0 Å². The van der Waals surface area contributed by atoms with Gasteiger partial charge in [-0.25, -0.2) is 4.79 Å². The first-order valence-corrected chi connectivity index (χ1v) is 13.4. The first-order valence-electron chi connectivity index (χ1n) is 13.4. The standard InChI is InChI=1S/C29H38N4O3/c1-22-9-11-24(12-10-22)35-27-8-6-7-26-25(27)21-28(31-26)36-29(34)30-23-13-17-33(18-14-23)20-19-32-15-4-2-3-5-16-32/h6-12,21,23,31H,2-5,13-20H2,1H3,(H,30,34). The molecule has 0 radical (unpaired) electrons. The molecule has 3 aromatic rings. The maximum absolute atomic E-state index is 12.6. The highest BCUT2D eigenvalue weighted by molar-refractivity contribution is 5.88. The number of H-pyrrole nitrogens is 1. The van der Waals surface area contributed by atoms with E-state index in [-0.39, 0.29) is 6.04 Å². The Morgan fingerprint density at radius 3 is 2.36 bits per heavy atom. The number of aryl methyl sites for hydroxylation is 1. The van der Waals surface area contributed by atoms with Crippen molar-refractivity contribution < 1.29 is 14.3 Å². The summed E-state index contributed by atoms with van der Waals surface area (Å²) in [6.07, 6.45) is 6.93. The fraction of sp³-hybridized carbons (Fsp3) is 0.483. The van der Waals surface area contributed by atoms with E-state index in [0.717, 1.165) is 61.4 Å². The number of aromatic nitrogens is 1. The molecular weight excluding hydrogens is 452 g/mol. The van der Waals surface area contributed by atoms with E-state index in [4.69, 9.17) is 9.47 Å². The van der Waals surface area contributed by atoms with Crippen LogP contribution in [-0.2, 0) is 0 Å². The summed E-state index contributed by atoms with van der Waals surface area (Å²) in [7, 11) is 0. The molecule has 36 heavy (non-hydrogen) atoms. The smallest absolute Gasteiger partial charge is 0.414 e. The second kappa shape index (κ2) is 11.8. The average molecular weight is 491 g/mol. The SMILES string of the molecule is Cc1ccc(Oc2cccc3[nH]c(OC(=O)NC4CCN(CCN5CCCCCC5)CC4)cc23)cc1. The predicted molar refractivity (Wildman–Crippen MR) is 143 cm³/mol. The van der Waals surface area contributed by atoms with E-state index < -0.39 is 6.09 Å². The molecule has 2 saturated heterocycles. The summed E-state index contributed by atoms with van der Waals surface area (Å²) in [5.41, 5.74) is 2.04. The number of hydrogen-bond donors (Lipinski definition) is 2. The normalized spacial score (nSPS) is 18.1. The number of hydrogen-bond acceptors (Lipinski definition) is 5. The lowest BCUT2D eigenvalue weighted by Crippen LogP contribution is -2.47. The maximum atomic E-state index is 12.6. The van der Waals surface area contributed by atoms with Gasteiger partial charge in [-0.1, -0.05) is 36.6 Å². The molecule has 1 amide bonds. The van der Waals surface area contributed by atoms with E-state index in [1.54, 1.807) is 0 Å². The molecule has 2 aromatic carbocycles. The molecule has 2 N–H and O–H groups in total. The molecule has 0 unspecified atom stereocenters. The van der Waals surface area contributed by atoms with Gasteiger partial charge in [0.05, 0.1) is 5.52 Å². The molecule has 0 spiro atoms. The van der Waals surface area contributed by atoms with Gasteiger partial charge >= 0.3 is 6.09 Å². The van der Waals surface area contributed by atoms with Crippen LogP contribution in [0.2, 0.25) is 0 Å². The monoisotopic (exact) mass is 490 g/mol. The van der Waals surface area contributed by atoms with Gasteiger partial charge in [-0.15, -0.1) is 0 Å². The first kappa shape index (κ1) is 24.7. The molecular formula is C29H38N4O3. The highest BCUT2D eigenvalue weighted by atomic mass is 16.6. The fourth-order valence-electron chi connectivity index (χ4n) is 5.22. The Morgan fingerprint density at radius 2 is 1.64 bits per heavy atom. The van der Waals surface area contributed by atoms with Crippen LogP contribution in [0, 0.1) is 6.92 Å². The number of fused-ring (bicyclic) bond motifs is 1. The van der Waals surface area contributed by atoms with Crippen LogP contribution in [-0.4, -0.2) is 66.2 Å². The molecule has 2 aliphatic rings. The lowest BCUT2D eigenvalue weighted by molar-refractivity contribution is 0.157. The van der Waals surface area contributed by atoms with Gasteiger partial charge in [0.2, 0.25) is 5.88 Å². The van der Waals surface area contributed by atoms with Gasteiger partial charge in [0.15, 0.2) is 0 Å². The Labute approximate surface area is 213 Å². The minimum atomic E-state index is -0.412. The van der Waals surface area contributed by atoms with Crippen LogP contribution in [0.1, 0.15) is 44.1 Å². The van der Waals surface area contributed by atoms with Crippen molar-refractivity contribution in [1.29, 1.82) is 0 Å². The van der Waals surface area contributed by atoms with Gasteiger partial charge in [0, 0.05) is 43.7 Å². The van der Waals surface area contributed by atoms with Gasteiger partial charge in [-0.05, 0) is 70.0 Å². The van der Waals surface area contributed by atoms with Crippen molar-refractivity contribution in [3.63, 3.8) is 0 Å². The molecule has 5 rings (SSSR count). The topological polar surface area (TPSA) is 69.8 Å². The number of amides is 1. The van der Waals surface area contributed by atoms with E-state index in [9.17, 15) is 4.79 Å². The number of carbonyl (C=O) groups excluding carboxylic acids is 1. The molecule has 3 heterocycles. The van der Waals surface area contributed by atoms with E-state index in [0.29, 0.717) is 5.88 Å². The Bertz CT molecular complexity index is 1130. The number of carbonyl (C=O) groups is 1. The molecule has 2 aliphatic heterocycles. The Kier molecular flexibility index (Phi) is 8.08. The molecule has 7 heteroatoms. The van der Waals surface area contributed by atoms with Crippen molar-refractivity contribution in [2.75, 3.05) is 39.3 Å². The minimum Gasteiger partial charge on any atom is -0.457 e. The van der Waals surface area contributed by atoms with Crippen LogP contribution in [0.4, 0.5) is 4.79 Å². The van der Waals surface area contributed by atoms with Crippen LogP contribution in [0.15, 0.2) is 48.5 Å². The van der Waals surface area contributed by atoms with Crippen molar-refractivity contribution in [3.8, 4) is 17.4 Å². The lowest BCUT2D eigenvalue weighted by atomic mass is 10.1. The van der Waals surface area contributed by atoms with Crippen LogP contribution < -0.4 is 14.8 Å². The van der Waals surface area contributed by atoms with E-state index in [1.165, 1.54) is 44.3 Å². The molecule has 0 saturated carbocycles. The third kappa shape index (κ3) is 6.59. The van der Waals surface area contributed by atoms with Crippen LogP contribution in [0.3, 0.4) is 0 Å². The highest BCUT2D eigenvalue weighted by Gasteiger charge is 2.22. The van der Waals surface area contributed by atoms with Crippen molar-refractivity contribution in [2.24, 2.45) is 0 Å². The summed E-state index contributed by atoms with van der Waals surface area (Å²) in [5.74, 6) is 1.90. The first-order chi connectivity index (χ1) is 17.6. The number of rotatable bonds is 7. The zero-order chi connectivity index (χ0) is 24.7. The van der Waals surface area contributed by atoms with Crippen molar-refractivity contribution in [1.82, 2.24) is 20.1 Å². The summed E-state index contributed by atoms with van der Waals surface area (Å²) >= 11 is 0. The maximum Gasteiger partial charge on any atom is 0.414 e. The molecule has 0 bridgehead atoms. The van der Waals surface area contributed by atoms with Gasteiger partial charge < -0.3 is 29.6 Å². The highest BCUT2D eigenvalue weighted by Crippen LogP contribution is 2.32. The summed E-state index contributed by atoms with van der Waals surface area (Å²) in [4.78, 5) is 20.9. The third-order valence-corrected chi connectivity index (χ3v) is 7.39. The van der Waals surface area contributed by atoms with Gasteiger partial charge in [0.1, 0.15) is 11.5 Å². The quantitative estimate of drug-likeness (QED) is 0.445. The number of likely N-dealkylation sites (tertiary alicyclic amines) is 2. The summed E-state index contributed by atoms with van der Waals surface area (Å²) in [5, 5.41) is 3.93. The molecule has 2 fully saturated rings. The number of piperidine rings is 1. The Hall–Kier alpha value is -3.03. The average Bonchev–Trinajstić information content (AvgIpc) is 3.11. The molecule has 0 aliphatic carbocycles. The molecule has 192 valence electrons. The van der Waals surface area contributed by atoms with E-state index in [1.807, 2.05) is 55.5 Å². The fourth-order valence-corrected chi connectivity index (χ4v) is 5.22. The van der Waals surface area contributed by atoms with Gasteiger partial charge in [0.25, 0.3) is 0 Å². The molecule has 7 nitrogen and oxygen atoms in total. The zero-order valence-electron chi connectivity index (χ0n) is 21.3. The van der Waals surface area contributed by atoms with Crippen LogP contribution in [0.5, 0.6) is 17.4 Å². The summed E-state index contributed by atoms with van der Waals surface area (Å²) in [6.45, 7) is 8.87. The number of nitrogens with zero attached hydrogens (tertiary/aromatic N) is 2. The van der Waals surface area contributed by atoms with E-state index >= 15 is 0 Å². The van der Waals surface area contributed by atoms with Crippen LogP contribution in [0.25, 0.3) is 10.9 Å². The van der Waals surface area contributed by atoms with Gasteiger partial charge in [-0.2, -0.15) is 0 Å². The number of ether oxygens (including phenoxy) is 2. The van der Waals surface area contributed by atoms with Crippen molar-refractivity contribution in [2.45, 2.75) is 51.5 Å². The molecule has 0 atom stereocenters. The second-order valence-electron chi connectivity index (χ2n) is 10.2. The Morgan fingerprint density at radius 1 is 0.944 bits per heavy atom. The lowest BCUT2D eigenvalue weighted by Gasteiger charge is -2.33. The third-order valence-electron chi connectivity index (χ3n) is 7.39.